The molecule has 2 N–H and O–H groups in total. The molecule has 11 heteroatoms. The zero-order valence-electron chi connectivity index (χ0n) is 23.1. The third kappa shape index (κ3) is 8.36. The highest BCUT2D eigenvalue weighted by molar-refractivity contribution is 7.18. The molecule has 2 amide bonds. The van der Waals surface area contributed by atoms with Gasteiger partial charge < -0.3 is 20.1 Å². The number of carbonyl (C=O) groups excluding carboxylic acids is 2. The van der Waals surface area contributed by atoms with Gasteiger partial charge in [0.1, 0.15) is 11.5 Å². The molecule has 0 saturated carbocycles. The van der Waals surface area contributed by atoms with Crippen molar-refractivity contribution in [3.63, 3.8) is 0 Å². The number of carbonyl (C=O) groups is 2. The lowest BCUT2D eigenvalue weighted by atomic mass is 10.2. The van der Waals surface area contributed by atoms with E-state index in [-0.39, 0.29) is 24.2 Å². The lowest BCUT2D eigenvalue weighted by Crippen LogP contribution is -2.31. The normalized spacial score (nSPS) is 15.4. The number of ether oxygens (including phenoxy) is 2. The SMILES string of the molecule is COc1cc(NC(=O)c2sc(-c3ccc(Cl)cc3)cc2NC(=O)CN2CCCC2)ccc1OCCN1CCCC1.Cl. The number of halogens is 2. The van der Waals surface area contributed by atoms with Crippen molar-refractivity contribution >= 4 is 58.5 Å². The zero-order chi connectivity index (χ0) is 27.9. The minimum Gasteiger partial charge on any atom is -0.493 e. The predicted octanol–water partition coefficient (Wildman–Crippen LogP) is 6.26. The Bertz CT molecular complexity index is 1320. The first-order valence-corrected chi connectivity index (χ1v) is 14.9. The molecule has 3 aromatic rings. The summed E-state index contributed by atoms with van der Waals surface area (Å²) in [6, 6.07) is 14.6. The van der Waals surface area contributed by atoms with E-state index in [0.717, 1.165) is 56.0 Å². The fraction of sp³-hybridized carbons (Fsp3) is 0.400. The average Bonchev–Trinajstić information content (AvgIpc) is 3.73. The molecule has 2 aromatic carbocycles. The third-order valence-corrected chi connectivity index (χ3v) is 8.63. The Balaban J connectivity index is 0.00000387. The van der Waals surface area contributed by atoms with Gasteiger partial charge in [-0.2, -0.15) is 0 Å². The molecule has 2 fully saturated rings. The molecule has 2 saturated heterocycles. The maximum Gasteiger partial charge on any atom is 0.267 e. The standard InChI is InChI=1S/C30H35ClN4O4S.ClH/c1-38-26-18-23(10-11-25(26)39-17-16-34-12-2-3-13-34)32-30(37)29-24(33-28(36)20-35-14-4-5-15-35)19-27(40-29)21-6-8-22(31)9-7-21;/h6-11,18-19H,2-5,12-17,20H2,1H3,(H,32,37)(H,33,36);1H. The maximum atomic E-state index is 13.5. The molecule has 3 heterocycles. The van der Waals surface area contributed by atoms with E-state index in [2.05, 4.69) is 20.4 Å². The second-order valence-electron chi connectivity index (χ2n) is 10.1. The summed E-state index contributed by atoms with van der Waals surface area (Å²) in [5.74, 6) is 0.738. The number of likely N-dealkylation sites (tertiary alicyclic amines) is 2. The summed E-state index contributed by atoms with van der Waals surface area (Å²) in [6.45, 7) is 5.83. The molecular weight excluding hydrogens is 583 g/mol. The topological polar surface area (TPSA) is 83.1 Å². The molecule has 0 atom stereocenters. The van der Waals surface area contributed by atoms with Crippen molar-refractivity contribution < 1.29 is 19.1 Å². The van der Waals surface area contributed by atoms with E-state index in [4.69, 9.17) is 21.1 Å². The third-order valence-electron chi connectivity index (χ3n) is 7.19. The Morgan fingerprint density at radius 2 is 1.59 bits per heavy atom. The van der Waals surface area contributed by atoms with Crippen molar-refractivity contribution in [1.82, 2.24) is 9.80 Å². The van der Waals surface area contributed by atoms with Crippen molar-refractivity contribution in [2.24, 2.45) is 0 Å². The highest BCUT2D eigenvalue weighted by Gasteiger charge is 2.22. The number of methoxy groups -OCH3 is 1. The van der Waals surface area contributed by atoms with E-state index < -0.39 is 0 Å². The number of nitrogens with zero attached hydrogens (tertiary/aromatic N) is 2. The van der Waals surface area contributed by atoms with E-state index in [0.29, 0.717) is 45.9 Å². The second kappa shape index (κ2) is 14.9. The molecule has 1 aromatic heterocycles. The van der Waals surface area contributed by atoms with Crippen LogP contribution in [0.1, 0.15) is 35.4 Å². The molecule has 5 rings (SSSR count). The molecule has 41 heavy (non-hydrogen) atoms. The van der Waals surface area contributed by atoms with Gasteiger partial charge in [0.05, 0.1) is 19.3 Å². The molecule has 220 valence electrons. The molecular formula is C30H36Cl2N4O4S. The van der Waals surface area contributed by atoms with Crippen LogP contribution >= 0.6 is 35.3 Å². The van der Waals surface area contributed by atoms with E-state index in [1.807, 2.05) is 36.4 Å². The lowest BCUT2D eigenvalue weighted by molar-refractivity contribution is -0.117. The van der Waals surface area contributed by atoms with Crippen LogP contribution in [0.3, 0.4) is 0 Å². The van der Waals surface area contributed by atoms with E-state index in [9.17, 15) is 9.59 Å². The number of hydrogen-bond acceptors (Lipinski definition) is 7. The van der Waals surface area contributed by atoms with Crippen molar-refractivity contribution in [1.29, 1.82) is 0 Å². The van der Waals surface area contributed by atoms with E-state index >= 15 is 0 Å². The van der Waals surface area contributed by atoms with Gasteiger partial charge in [-0.3, -0.25) is 19.4 Å². The van der Waals surface area contributed by atoms with Crippen molar-refractivity contribution in [3.8, 4) is 21.9 Å². The highest BCUT2D eigenvalue weighted by Crippen LogP contribution is 2.37. The second-order valence-corrected chi connectivity index (χ2v) is 11.6. The van der Waals surface area contributed by atoms with Crippen LogP contribution in [0, 0.1) is 0 Å². The minimum absolute atomic E-state index is 0. The Morgan fingerprint density at radius 3 is 2.27 bits per heavy atom. The number of hydrogen-bond donors (Lipinski definition) is 2. The Labute approximate surface area is 256 Å². The zero-order valence-corrected chi connectivity index (χ0v) is 25.5. The molecule has 0 radical (unpaired) electrons. The Hall–Kier alpha value is -2.82. The van der Waals surface area contributed by atoms with Gasteiger partial charge in [0.2, 0.25) is 5.91 Å². The van der Waals surface area contributed by atoms with Gasteiger partial charge in [-0.05, 0) is 87.8 Å². The molecule has 0 aliphatic carbocycles. The van der Waals surface area contributed by atoms with Crippen molar-refractivity contribution in [3.05, 3.63) is 58.4 Å². The Kier molecular flexibility index (Phi) is 11.3. The van der Waals surface area contributed by atoms with Crippen LogP contribution in [0.5, 0.6) is 11.5 Å². The van der Waals surface area contributed by atoms with Crippen LogP contribution in [0.2, 0.25) is 5.02 Å². The summed E-state index contributed by atoms with van der Waals surface area (Å²) >= 11 is 7.40. The van der Waals surface area contributed by atoms with Gasteiger partial charge in [0.15, 0.2) is 11.5 Å². The van der Waals surface area contributed by atoms with Crippen molar-refractivity contribution in [2.45, 2.75) is 25.7 Å². The summed E-state index contributed by atoms with van der Waals surface area (Å²) < 4.78 is 11.5. The number of amides is 2. The smallest absolute Gasteiger partial charge is 0.267 e. The average molecular weight is 620 g/mol. The Morgan fingerprint density at radius 1 is 0.902 bits per heavy atom. The predicted molar refractivity (Wildman–Crippen MR) is 168 cm³/mol. The number of anilines is 2. The summed E-state index contributed by atoms with van der Waals surface area (Å²) in [4.78, 5) is 32.2. The minimum atomic E-state index is -0.313. The summed E-state index contributed by atoms with van der Waals surface area (Å²) in [5.41, 5.74) is 1.98. The van der Waals surface area contributed by atoms with Crippen LogP contribution in [0.4, 0.5) is 11.4 Å². The van der Waals surface area contributed by atoms with Crippen molar-refractivity contribution in [2.75, 3.05) is 63.6 Å². The van der Waals surface area contributed by atoms with Gasteiger partial charge in [-0.1, -0.05) is 23.7 Å². The van der Waals surface area contributed by atoms with E-state index in [1.54, 1.807) is 19.2 Å². The number of rotatable bonds is 11. The quantitative estimate of drug-likeness (QED) is 0.264. The van der Waals surface area contributed by atoms with E-state index in [1.165, 1.54) is 24.2 Å². The van der Waals surface area contributed by atoms with Crippen LogP contribution in [-0.4, -0.2) is 74.6 Å². The van der Waals surface area contributed by atoms with Gasteiger partial charge in [0.25, 0.3) is 5.91 Å². The fourth-order valence-corrected chi connectivity index (χ4v) is 6.23. The first kappa shape index (κ1) is 31.1. The van der Waals surface area contributed by atoms with Crippen LogP contribution in [0.25, 0.3) is 10.4 Å². The van der Waals surface area contributed by atoms with Gasteiger partial charge >= 0.3 is 0 Å². The first-order chi connectivity index (χ1) is 19.5. The number of thiophene rings is 1. The monoisotopic (exact) mass is 618 g/mol. The van der Waals surface area contributed by atoms with Gasteiger partial charge in [-0.15, -0.1) is 23.7 Å². The number of nitrogens with one attached hydrogen (secondary N) is 2. The fourth-order valence-electron chi connectivity index (χ4n) is 5.09. The highest BCUT2D eigenvalue weighted by atomic mass is 35.5. The lowest BCUT2D eigenvalue weighted by Gasteiger charge is -2.17. The molecule has 8 nitrogen and oxygen atoms in total. The van der Waals surface area contributed by atoms with Gasteiger partial charge in [-0.25, -0.2) is 0 Å². The molecule has 0 bridgehead atoms. The molecule has 0 unspecified atom stereocenters. The largest absolute Gasteiger partial charge is 0.493 e. The summed E-state index contributed by atoms with van der Waals surface area (Å²) in [7, 11) is 1.58. The van der Waals surface area contributed by atoms with Crippen LogP contribution < -0.4 is 20.1 Å². The summed E-state index contributed by atoms with van der Waals surface area (Å²) in [5, 5.41) is 6.58. The van der Waals surface area contributed by atoms with Crippen LogP contribution in [-0.2, 0) is 4.79 Å². The maximum absolute atomic E-state index is 13.5. The molecule has 2 aliphatic heterocycles. The summed E-state index contributed by atoms with van der Waals surface area (Å²) in [6.07, 6.45) is 4.69. The van der Waals surface area contributed by atoms with Gasteiger partial charge in [0, 0.05) is 28.2 Å². The number of benzene rings is 2. The first-order valence-electron chi connectivity index (χ1n) is 13.7. The molecule has 2 aliphatic rings. The molecule has 0 spiro atoms. The van der Waals surface area contributed by atoms with Crippen LogP contribution in [0.15, 0.2) is 48.5 Å².